The predicted octanol–water partition coefficient (Wildman–Crippen LogP) is 3.00. The van der Waals surface area contributed by atoms with Crippen LogP contribution in [-0.4, -0.2) is 0 Å². The Morgan fingerprint density at radius 2 is 1.85 bits per heavy atom. The fourth-order valence-corrected chi connectivity index (χ4v) is 1.62. The van der Waals surface area contributed by atoms with Gasteiger partial charge in [0.2, 0.25) is 0 Å². The Hall–Kier alpha value is -1.46. The Morgan fingerprint density at radius 1 is 1.08 bits per heavy atom. The van der Waals surface area contributed by atoms with Crippen LogP contribution in [0.4, 0.5) is 0 Å². The van der Waals surface area contributed by atoms with Gasteiger partial charge in [-0.25, -0.2) is 0 Å². The lowest BCUT2D eigenvalue weighted by molar-refractivity contribution is 1.41. The van der Waals surface area contributed by atoms with Gasteiger partial charge in [-0.3, -0.25) is 0 Å². The second-order valence-electron chi connectivity index (χ2n) is 2.79. The first-order valence-corrected chi connectivity index (χ1v) is 4.38. The maximum Gasteiger partial charge on any atom is 0.101 e. The van der Waals surface area contributed by atoms with E-state index >= 15 is 0 Å². The number of hydrogen-bond acceptors (Lipinski definition) is 2. The fraction of sp³-hybridized carbons (Fsp3) is 0. The van der Waals surface area contributed by atoms with Crippen LogP contribution in [0, 0.1) is 11.3 Å². The minimum absolute atomic E-state index is 0.654. The van der Waals surface area contributed by atoms with Crippen LogP contribution in [0.15, 0.2) is 41.3 Å². The maximum absolute atomic E-state index is 8.92. The van der Waals surface area contributed by atoms with Gasteiger partial charge in [-0.15, -0.1) is 12.6 Å². The summed E-state index contributed by atoms with van der Waals surface area (Å²) in [5, 5.41) is 11.0. The predicted molar refractivity (Wildman–Crippen MR) is 55.9 cm³/mol. The third-order valence-corrected chi connectivity index (χ3v) is 2.39. The van der Waals surface area contributed by atoms with Crippen LogP contribution in [0.1, 0.15) is 5.56 Å². The van der Waals surface area contributed by atoms with Crippen molar-refractivity contribution in [1.29, 1.82) is 5.26 Å². The molecular formula is C11H7NS. The van der Waals surface area contributed by atoms with E-state index in [1.54, 1.807) is 0 Å². The molecule has 0 heterocycles. The summed E-state index contributed by atoms with van der Waals surface area (Å²) >= 11 is 4.23. The summed E-state index contributed by atoms with van der Waals surface area (Å²) in [4.78, 5) is 0.737. The smallest absolute Gasteiger partial charge is 0.101 e. The molecule has 13 heavy (non-hydrogen) atoms. The van der Waals surface area contributed by atoms with Gasteiger partial charge < -0.3 is 0 Å². The van der Waals surface area contributed by atoms with E-state index in [2.05, 4.69) is 18.7 Å². The second-order valence-corrected chi connectivity index (χ2v) is 3.27. The number of fused-ring (bicyclic) bond motifs is 1. The van der Waals surface area contributed by atoms with Crippen molar-refractivity contribution < 1.29 is 0 Å². The van der Waals surface area contributed by atoms with Crippen molar-refractivity contribution in [2.24, 2.45) is 0 Å². The third-order valence-electron chi connectivity index (χ3n) is 2.02. The lowest BCUT2D eigenvalue weighted by Crippen LogP contribution is -1.81. The van der Waals surface area contributed by atoms with Crippen molar-refractivity contribution in [2.45, 2.75) is 4.90 Å². The van der Waals surface area contributed by atoms with Crippen LogP contribution < -0.4 is 0 Å². The topological polar surface area (TPSA) is 23.8 Å². The number of hydrogen-bond donors (Lipinski definition) is 1. The highest BCUT2D eigenvalue weighted by molar-refractivity contribution is 7.80. The minimum atomic E-state index is 0.654. The standard InChI is InChI=1S/C11H7NS/c12-7-10-9-4-2-1-3-8(9)5-6-11(10)13/h1-6,13H. The summed E-state index contributed by atoms with van der Waals surface area (Å²) in [6.45, 7) is 0. The van der Waals surface area contributed by atoms with Crippen LogP contribution in [0.3, 0.4) is 0 Å². The van der Waals surface area contributed by atoms with Crippen LogP contribution in [0.2, 0.25) is 0 Å². The molecule has 62 valence electrons. The number of nitrogens with zero attached hydrogens (tertiary/aromatic N) is 1. The quantitative estimate of drug-likeness (QED) is 0.627. The van der Waals surface area contributed by atoms with E-state index < -0.39 is 0 Å². The van der Waals surface area contributed by atoms with Gasteiger partial charge in [0.25, 0.3) is 0 Å². The van der Waals surface area contributed by atoms with Crippen LogP contribution in [0.25, 0.3) is 10.8 Å². The van der Waals surface area contributed by atoms with E-state index in [1.165, 1.54) is 0 Å². The van der Waals surface area contributed by atoms with Crippen molar-refractivity contribution in [3.8, 4) is 6.07 Å². The van der Waals surface area contributed by atoms with E-state index in [9.17, 15) is 0 Å². The molecule has 0 unspecified atom stereocenters. The molecule has 0 fully saturated rings. The fourth-order valence-electron chi connectivity index (χ4n) is 1.38. The number of rotatable bonds is 0. The molecule has 0 radical (unpaired) electrons. The first kappa shape index (κ1) is 8.15. The van der Waals surface area contributed by atoms with Gasteiger partial charge in [0.05, 0.1) is 5.56 Å². The van der Waals surface area contributed by atoms with E-state index in [-0.39, 0.29) is 0 Å². The minimum Gasteiger partial charge on any atom is -0.192 e. The summed E-state index contributed by atoms with van der Waals surface area (Å²) in [6.07, 6.45) is 0. The highest BCUT2D eigenvalue weighted by atomic mass is 32.1. The van der Waals surface area contributed by atoms with Gasteiger partial charge in [0, 0.05) is 10.3 Å². The SMILES string of the molecule is N#Cc1c(S)ccc2ccccc12. The first-order valence-electron chi connectivity index (χ1n) is 3.94. The van der Waals surface area contributed by atoms with Crippen molar-refractivity contribution >= 4 is 23.4 Å². The normalized spacial score (nSPS) is 9.85. The highest BCUT2D eigenvalue weighted by Crippen LogP contribution is 2.23. The van der Waals surface area contributed by atoms with Gasteiger partial charge >= 0.3 is 0 Å². The molecule has 2 aromatic rings. The molecule has 0 atom stereocenters. The van der Waals surface area contributed by atoms with Gasteiger partial charge in [0.15, 0.2) is 0 Å². The van der Waals surface area contributed by atoms with Crippen LogP contribution in [0.5, 0.6) is 0 Å². The Bertz CT molecular complexity index is 497. The Morgan fingerprint density at radius 3 is 2.62 bits per heavy atom. The van der Waals surface area contributed by atoms with Gasteiger partial charge in [-0.1, -0.05) is 30.3 Å². The molecule has 0 aliphatic heterocycles. The van der Waals surface area contributed by atoms with E-state index in [4.69, 9.17) is 5.26 Å². The van der Waals surface area contributed by atoms with Crippen LogP contribution >= 0.6 is 12.6 Å². The van der Waals surface area contributed by atoms with Gasteiger partial charge in [0.1, 0.15) is 6.07 Å². The largest absolute Gasteiger partial charge is 0.192 e. The van der Waals surface area contributed by atoms with Crippen molar-refractivity contribution in [3.63, 3.8) is 0 Å². The Balaban J connectivity index is 2.94. The molecule has 0 N–H and O–H groups in total. The van der Waals surface area contributed by atoms with E-state index in [1.807, 2.05) is 36.4 Å². The third kappa shape index (κ3) is 1.28. The second kappa shape index (κ2) is 3.12. The molecule has 0 saturated carbocycles. The average molecular weight is 185 g/mol. The molecule has 0 spiro atoms. The maximum atomic E-state index is 8.92. The number of nitriles is 1. The molecule has 0 amide bonds. The molecule has 1 nitrogen and oxygen atoms in total. The molecule has 2 rings (SSSR count). The summed E-state index contributed by atoms with van der Waals surface area (Å²) in [7, 11) is 0. The monoisotopic (exact) mass is 185 g/mol. The molecule has 0 bridgehead atoms. The average Bonchev–Trinajstić information content (AvgIpc) is 2.18. The lowest BCUT2D eigenvalue weighted by atomic mass is 10.1. The summed E-state index contributed by atoms with van der Waals surface area (Å²) in [5.41, 5.74) is 0.654. The molecule has 0 saturated heterocycles. The van der Waals surface area contributed by atoms with Crippen molar-refractivity contribution in [2.75, 3.05) is 0 Å². The molecule has 2 aromatic carbocycles. The molecular weight excluding hydrogens is 178 g/mol. The van der Waals surface area contributed by atoms with Crippen molar-refractivity contribution in [3.05, 3.63) is 42.0 Å². The zero-order chi connectivity index (χ0) is 9.26. The first-order chi connectivity index (χ1) is 6.33. The number of benzene rings is 2. The lowest BCUT2D eigenvalue weighted by Gasteiger charge is -2.01. The van der Waals surface area contributed by atoms with Gasteiger partial charge in [-0.05, 0) is 11.5 Å². The summed E-state index contributed by atoms with van der Waals surface area (Å²) in [6, 6.07) is 13.8. The molecule has 0 aliphatic rings. The Labute approximate surface area is 82.0 Å². The summed E-state index contributed by atoms with van der Waals surface area (Å²) in [5.74, 6) is 0. The Kier molecular flexibility index (Phi) is 1.96. The van der Waals surface area contributed by atoms with Crippen molar-refractivity contribution in [1.82, 2.24) is 0 Å². The summed E-state index contributed by atoms with van der Waals surface area (Å²) < 4.78 is 0. The molecule has 0 aromatic heterocycles. The van der Waals surface area contributed by atoms with Crippen LogP contribution in [-0.2, 0) is 0 Å². The molecule has 2 heteroatoms. The van der Waals surface area contributed by atoms with Gasteiger partial charge in [-0.2, -0.15) is 5.26 Å². The number of thiol groups is 1. The highest BCUT2D eigenvalue weighted by Gasteiger charge is 2.02. The van der Waals surface area contributed by atoms with E-state index in [0.29, 0.717) is 5.56 Å². The molecule has 0 aliphatic carbocycles. The zero-order valence-corrected chi connectivity index (χ0v) is 7.75. The van der Waals surface area contributed by atoms with E-state index in [0.717, 1.165) is 15.7 Å². The zero-order valence-electron chi connectivity index (χ0n) is 6.86.